The molecule has 1 saturated heterocycles. The van der Waals surface area contributed by atoms with Crippen molar-refractivity contribution >= 4 is 21.9 Å². The number of rotatable bonds is 6. The lowest BCUT2D eigenvalue weighted by Crippen LogP contribution is -2.43. The SMILES string of the molecule is CC(C(=O)O)S(=O)(=O)NCCC(=O)N1CCOCC1. The summed E-state index contributed by atoms with van der Waals surface area (Å²) in [4.78, 5) is 23.9. The summed E-state index contributed by atoms with van der Waals surface area (Å²) < 4.78 is 30.2. The van der Waals surface area contributed by atoms with Gasteiger partial charge in [-0.05, 0) is 6.92 Å². The van der Waals surface area contributed by atoms with Gasteiger partial charge in [-0.2, -0.15) is 0 Å². The first kappa shape index (κ1) is 15.9. The first-order chi connectivity index (χ1) is 8.84. The van der Waals surface area contributed by atoms with Gasteiger partial charge in [0.25, 0.3) is 0 Å². The van der Waals surface area contributed by atoms with Crippen molar-refractivity contribution in [1.82, 2.24) is 9.62 Å². The van der Waals surface area contributed by atoms with Gasteiger partial charge < -0.3 is 14.7 Å². The molecular weight excluding hydrogens is 276 g/mol. The molecule has 1 rings (SSSR count). The van der Waals surface area contributed by atoms with Crippen molar-refractivity contribution in [3.8, 4) is 0 Å². The quantitative estimate of drug-likeness (QED) is 0.625. The van der Waals surface area contributed by atoms with Gasteiger partial charge in [0.2, 0.25) is 15.9 Å². The Kier molecular flexibility index (Phi) is 5.70. The number of sulfonamides is 1. The minimum atomic E-state index is -3.93. The molecular formula is C10H18N2O6S. The van der Waals surface area contributed by atoms with E-state index in [1.807, 2.05) is 0 Å². The third-order valence-electron chi connectivity index (χ3n) is 2.82. The topological polar surface area (TPSA) is 113 Å². The zero-order valence-electron chi connectivity index (χ0n) is 10.7. The fourth-order valence-electron chi connectivity index (χ4n) is 1.53. The van der Waals surface area contributed by atoms with E-state index in [2.05, 4.69) is 4.72 Å². The van der Waals surface area contributed by atoms with Crippen LogP contribution in [-0.2, 0) is 24.3 Å². The molecule has 1 fully saturated rings. The molecule has 0 aromatic carbocycles. The van der Waals surface area contributed by atoms with Crippen LogP contribution in [0.25, 0.3) is 0 Å². The molecule has 110 valence electrons. The number of carbonyl (C=O) groups is 2. The molecule has 0 aliphatic carbocycles. The normalized spacial score (nSPS) is 18.1. The summed E-state index contributed by atoms with van der Waals surface area (Å²) >= 11 is 0. The van der Waals surface area contributed by atoms with E-state index in [9.17, 15) is 18.0 Å². The highest BCUT2D eigenvalue weighted by Crippen LogP contribution is 2.01. The van der Waals surface area contributed by atoms with E-state index >= 15 is 0 Å². The lowest BCUT2D eigenvalue weighted by molar-refractivity contribution is -0.136. The van der Waals surface area contributed by atoms with Crippen LogP contribution in [-0.4, -0.2) is 68.4 Å². The molecule has 0 aromatic heterocycles. The molecule has 1 atom stereocenters. The Hall–Kier alpha value is -1.19. The molecule has 0 radical (unpaired) electrons. The van der Waals surface area contributed by atoms with Gasteiger partial charge in [0.15, 0.2) is 5.25 Å². The van der Waals surface area contributed by atoms with Gasteiger partial charge >= 0.3 is 5.97 Å². The van der Waals surface area contributed by atoms with E-state index in [-0.39, 0.29) is 18.9 Å². The Bertz CT molecular complexity index is 429. The van der Waals surface area contributed by atoms with Crippen molar-refractivity contribution in [2.75, 3.05) is 32.8 Å². The highest BCUT2D eigenvalue weighted by molar-refractivity contribution is 7.90. The molecule has 1 aliphatic rings. The van der Waals surface area contributed by atoms with Gasteiger partial charge in [-0.15, -0.1) is 0 Å². The smallest absolute Gasteiger partial charge is 0.323 e. The number of hydrogen-bond donors (Lipinski definition) is 2. The number of carbonyl (C=O) groups excluding carboxylic acids is 1. The number of hydrogen-bond acceptors (Lipinski definition) is 5. The number of aliphatic carboxylic acids is 1. The van der Waals surface area contributed by atoms with Crippen LogP contribution in [0.2, 0.25) is 0 Å². The molecule has 0 bridgehead atoms. The standard InChI is InChI=1S/C10H18N2O6S/c1-8(10(14)15)19(16,17)11-3-2-9(13)12-4-6-18-7-5-12/h8,11H,2-7H2,1H3,(H,14,15). The van der Waals surface area contributed by atoms with Gasteiger partial charge in [0.05, 0.1) is 13.2 Å². The number of carboxylic acids is 1. The number of nitrogens with one attached hydrogen (secondary N) is 1. The van der Waals surface area contributed by atoms with Crippen LogP contribution < -0.4 is 4.72 Å². The van der Waals surface area contributed by atoms with E-state index in [0.717, 1.165) is 6.92 Å². The van der Waals surface area contributed by atoms with E-state index in [1.165, 1.54) is 0 Å². The monoisotopic (exact) mass is 294 g/mol. The van der Waals surface area contributed by atoms with Crippen molar-refractivity contribution < 1.29 is 27.9 Å². The Morgan fingerprint density at radius 3 is 2.47 bits per heavy atom. The van der Waals surface area contributed by atoms with Gasteiger partial charge in [-0.25, -0.2) is 13.1 Å². The maximum absolute atomic E-state index is 11.7. The van der Waals surface area contributed by atoms with Gasteiger partial charge in [0, 0.05) is 26.1 Å². The highest BCUT2D eigenvalue weighted by atomic mass is 32.2. The van der Waals surface area contributed by atoms with Crippen molar-refractivity contribution in [2.24, 2.45) is 0 Å². The molecule has 0 saturated carbocycles. The highest BCUT2D eigenvalue weighted by Gasteiger charge is 2.27. The Morgan fingerprint density at radius 2 is 1.95 bits per heavy atom. The number of amides is 1. The van der Waals surface area contributed by atoms with E-state index in [1.54, 1.807) is 4.90 Å². The van der Waals surface area contributed by atoms with Crippen molar-refractivity contribution in [1.29, 1.82) is 0 Å². The average molecular weight is 294 g/mol. The second kappa shape index (κ2) is 6.83. The first-order valence-corrected chi connectivity index (χ1v) is 7.46. The van der Waals surface area contributed by atoms with Crippen LogP contribution in [0.4, 0.5) is 0 Å². The third-order valence-corrected chi connectivity index (χ3v) is 4.56. The molecule has 8 nitrogen and oxygen atoms in total. The molecule has 0 aromatic rings. The van der Waals surface area contributed by atoms with E-state index in [4.69, 9.17) is 9.84 Å². The number of morpholine rings is 1. The minimum absolute atomic E-state index is 0.00552. The second-order valence-corrected chi connectivity index (χ2v) is 6.25. The first-order valence-electron chi connectivity index (χ1n) is 5.91. The molecule has 0 spiro atoms. The van der Waals surface area contributed by atoms with Crippen LogP contribution in [0.5, 0.6) is 0 Å². The maximum Gasteiger partial charge on any atom is 0.323 e. The summed E-state index contributed by atoms with van der Waals surface area (Å²) in [6, 6.07) is 0. The summed E-state index contributed by atoms with van der Waals surface area (Å²) in [5.41, 5.74) is 0. The number of carboxylic acid groups (broad SMARTS) is 1. The van der Waals surface area contributed by atoms with Crippen molar-refractivity contribution in [2.45, 2.75) is 18.6 Å². The predicted molar refractivity (Wildman–Crippen MR) is 66.0 cm³/mol. The zero-order valence-corrected chi connectivity index (χ0v) is 11.5. The maximum atomic E-state index is 11.7. The number of nitrogens with zero attached hydrogens (tertiary/aromatic N) is 1. The Morgan fingerprint density at radius 1 is 1.37 bits per heavy atom. The van der Waals surface area contributed by atoms with Crippen LogP contribution in [0, 0.1) is 0 Å². The third kappa shape index (κ3) is 4.77. The van der Waals surface area contributed by atoms with Crippen LogP contribution >= 0.6 is 0 Å². The van der Waals surface area contributed by atoms with Crippen LogP contribution in [0.1, 0.15) is 13.3 Å². The van der Waals surface area contributed by atoms with Crippen LogP contribution in [0.3, 0.4) is 0 Å². The van der Waals surface area contributed by atoms with Crippen LogP contribution in [0.15, 0.2) is 0 Å². The molecule has 19 heavy (non-hydrogen) atoms. The minimum Gasteiger partial charge on any atom is -0.480 e. The summed E-state index contributed by atoms with van der Waals surface area (Å²) in [5, 5.41) is 7.09. The van der Waals surface area contributed by atoms with Gasteiger partial charge in [-0.3, -0.25) is 9.59 Å². The Balaban J connectivity index is 2.37. The summed E-state index contributed by atoms with van der Waals surface area (Å²) in [5.74, 6) is -1.60. The van der Waals surface area contributed by atoms with Gasteiger partial charge in [0.1, 0.15) is 0 Å². The number of ether oxygens (including phenoxy) is 1. The molecule has 1 aliphatic heterocycles. The fraction of sp³-hybridized carbons (Fsp3) is 0.800. The average Bonchev–Trinajstić information content (AvgIpc) is 2.38. The largest absolute Gasteiger partial charge is 0.480 e. The molecule has 1 unspecified atom stereocenters. The lowest BCUT2D eigenvalue weighted by Gasteiger charge is -2.26. The van der Waals surface area contributed by atoms with Gasteiger partial charge in [-0.1, -0.05) is 0 Å². The van der Waals surface area contributed by atoms with Crippen molar-refractivity contribution in [3.63, 3.8) is 0 Å². The zero-order chi connectivity index (χ0) is 14.5. The second-order valence-electron chi connectivity index (χ2n) is 4.16. The lowest BCUT2D eigenvalue weighted by atomic mass is 10.3. The fourth-order valence-corrected chi connectivity index (χ4v) is 2.43. The van der Waals surface area contributed by atoms with Crippen molar-refractivity contribution in [3.05, 3.63) is 0 Å². The summed E-state index contributed by atoms with van der Waals surface area (Å²) in [6.45, 7) is 2.93. The summed E-state index contributed by atoms with van der Waals surface area (Å²) in [6.07, 6.45) is 0.00552. The van der Waals surface area contributed by atoms with E-state index < -0.39 is 21.2 Å². The molecule has 9 heteroatoms. The van der Waals surface area contributed by atoms with E-state index in [0.29, 0.717) is 26.3 Å². The molecule has 2 N–H and O–H groups in total. The molecule has 1 amide bonds. The molecule has 1 heterocycles. The Labute approximate surface area is 111 Å². The summed E-state index contributed by atoms with van der Waals surface area (Å²) in [7, 11) is -3.93. The predicted octanol–water partition coefficient (Wildman–Crippen LogP) is -1.37.